The van der Waals surface area contributed by atoms with Gasteiger partial charge in [-0.1, -0.05) is 0 Å². The first kappa shape index (κ1) is 12.4. The zero-order valence-electron chi connectivity index (χ0n) is 9.94. The first-order chi connectivity index (χ1) is 7.56. The molecule has 1 unspecified atom stereocenters. The van der Waals surface area contributed by atoms with Crippen LogP contribution in [0.5, 0.6) is 17.2 Å². The van der Waals surface area contributed by atoms with Crippen LogP contribution in [-0.4, -0.2) is 26.1 Å². The van der Waals surface area contributed by atoms with E-state index in [1.807, 2.05) is 0 Å². The van der Waals surface area contributed by atoms with Crippen molar-refractivity contribution in [2.75, 3.05) is 14.2 Å². The molecule has 0 aliphatic rings. The monoisotopic (exact) mass is 224 g/mol. The highest BCUT2D eigenvalue weighted by Crippen LogP contribution is 2.28. The molecule has 0 bridgehead atoms. The van der Waals surface area contributed by atoms with Gasteiger partial charge in [0, 0.05) is 18.2 Å². The SMILES string of the molecule is COc1cc(OC)cc(OC(C)C(C)=O)c1. The maximum Gasteiger partial charge on any atom is 0.169 e. The van der Waals surface area contributed by atoms with Gasteiger partial charge in [-0.2, -0.15) is 0 Å². The smallest absolute Gasteiger partial charge is 0.169 e. The largest absolute Gasteiger partial charge is 0.496 e. The molecule has 1 aromatic rings. The number of carbonyl (C=O) groups is 1. The van der Waals surface area contributed by atoms with Crippen molar-refractivity contribution in [3.63, 3.8) is 0 Å². The number of hydrogen-bond donors (Lipinski definition) is 0. The number of ether oxygens (including phenoxy) is 3. The van der Waals surface area contributed by atoms with Crippen LogP contribution >= 0.6 is 0 Å². The Labute approximate surface area is 95.1 Å². The Morgan fingerprint density at radius 3 is 1.88 bits per heavy atom. The lowest BCUT2D eigenvalue weighted by Gasteiger charge is -2.13. The van der Waals surface area contributed by atoms with Crippen LogP contribution < -0.4 is 14.2 Å². The van der Waals surface area contributed by atoms with Crippen LogP contribution in [0.3, 0.4) is 0 Å². The molecule has 4 nitrogen and oxygen atoms in total. The van der Waals surface area contributed by atoms with Crippen molar-refractivity contribution in [1.82, 2.24) is 0 Å². The van der Waals surface area contributed by atoms with E-state index in [-0.39, 0.29) is 5.78 Å². The summed E-state index contributed by atoms with van der Waals surface area (Å²) >= 11 is 0. The summed E-state index contributed by atoms with van der Waals surface area (Å²) in [5, 5.41) is 0. The second-order valence-corrected chi connectivity index (χ2v) is 3.42. The molecule has 0 aliphatic carbocycles. The highest BCUT2D eigenvalue weighted by atomic mass is 16.5. The molecule has 0 radical (unpaired) electrons. The number of benzene rings is 1. The van der Waals surface area contributed by atoms with E-state index >= 15 is 0 Å². The van der Waals surface area contributed by atoms with Gasteiger partial charge in [0.25, 0.3) is 0 Å². The highest BCUT2D eigenvalue weighted by Gasteiger charge is 2.10. The number of hydrogen-bond acceptors (Lipinski definition) is 4. The minimum Gasteiger partial charge on any atom is -0.496 e. The van der Waals surface area contributed by atoms with Gasteiger partial charge in [-0.25, -0.2) is 0 Å². The predicted molar refractivity (Wildman–Crippen MR) is 60.3 cm³/mol. The molecule has 0 saturated heterocycles. The molecule has 1 aromatic carbocycles. The van der Waals surface area contributed by atoms with E-state index in [1.165, 1.54) is 6.92 Å². The third kappa shape index (κ3) is 3.15. The van der Waals surface area contributed by atoms with E-state index < -0.39 is 6.10 Å². The first-order valence-electron chi connectivity index (χ1n) is 4.97. The predicted octanol–water partition coefficient (Wildman–Crippen LogP) is 2.06. The first-order valence-corrected chi connectivity index (χ1v) is 4.97. The van der Waals surface area contributed by atoms with Gasteiger partial charge in [-0.15, -0.1) is 0 Å². The van der Waals surface area contributed by atoms with Crippen molar-refractivity contribution < 1.29 is 19.0 Å². The minimum absolute atomic E-state index is 0.0261. The van der Waals surface area contributed by atoms with Gasteiger partial charge >= 0.3 is 0 Å². The number of carbonyl (C=O) groups excluding carboxylic acids is 1. The Balaban J connectivity index is 2.90. The fourth-order valence-electron chi connectivity index (χ4n) is 1.14. The second kappa shape index (κ2) is 5.39. The van der Waals surface area contributed by atoms with E-state index in [2.05, 4.69) is 0 Å². The average Bonchev–Trinajstić information content (AvgIpc) is 2.28. The zero-order chi connectivity index (χ0) is 12.1. The summed E-state index contributed by atoms with van der Waals surface area (Å²) in [5.41, 5.74) is 0. The van der Waals surface area contributed by atoms with Crippen molar-refractivity contribution in [2.45, 2.75) is 20.0 Å². The Morgan fingerprint density at radius 1 is 1.06 bits per heavy atom. The van der Waals surface area contributed by atoms with Crippen LogP contribution in [0.2, 0.25) is 0 Å². The van der Waals surface area contributed by atoms with Gasteiger partial charge in [0.2, 0.25) is 0 Å². The molecule has 0 heterocycles. The van der Waals surface area contributed by atoms with Gasteiger partial charge in [-0.3, -0.25) is 4.79 Å². The minimum atomic E-state index is -0.475. The van der Waals surface area contributed by atoms with Crippen LogP contribution in [0.4, 0.5) is 0 Å². The fraction of sp³-hybridized carbons (Fsp3) is 0.417. The highest BCUT2D eigenvalue weighted by molar-refractivity contribution is 5.80. The molecular formula is C12H16O4. The quantitative estimate of drug-likeness (QED) is 0.768. The van der Waals surface area contributed by atoms with Crippen molar-refractivity contribution in [1.29, 1.82) is 0 Å². The summed E-state index contributed by atoms with van der Waals surface area (Å²) in [4.78, 5) is 11.1. The third-order valence-electron chi connectivity index (χ3n) is 2.21. The maximum absolute atomic E-state index is 11.1. The van der Waals surface area contributed by atoms with Gasteiger partial charge in [0.05, 0.1) is 14.2 Å². The van der Waals surface area contributed by atoms with Crippen molar-refractivity contribution in [3.05, 3.63) is 18.2 Å². The third-order valence-corrected chi connectivity index (χ3v) is 2.21. The van der Waals surface area contributed by atoms with Crippen molar-refractivity contribution in [3.8, 4) is 17.2 Å². The van der Waals surface area contributed by atoms with Crippen molar-refractivity contribution in [2.24, 2.45) is 0 Å². The van der Waals surface area contributed by atoms with Gasteiger partial charge in [0.1, 0.15) is 17.2 Å². The lowest BCUT2D eigenvalue weighted by Crippen LogP contribution is -2.20. The standard InChI is InChI=1S/C12H16O4/c1-8(13)9(2)16-12-6-10(14-3)5-11(7-12)15-4/h5-7,9H,1-4H3. The van der Waals surface area contributed by atoms with E-state index in [9.17, 15) is 4.79 Å². The van der Waals surface area contributed by atoms with Crippen LogP contribution in [0.1, 0.15) is 13.8 Å². The molecule has 0 spiro atoms. The number of Topliss-reactive ketones (excluding diaryl/α,β-unsaturated/α-hetero) is 1. The Morgan fingerprint density at radius 2 is 1.50 bits per heavy atom. The number of ketones is 1. The lowest BCUT2D eigenvalue weighted by atomic mass is 10.2. The summed E-state index contributed by atoms with van der Waals surface area (Å²) in [6, 6.07) is 5.16. The molecule has 4 heteroatoms. The molecule has 88 valence electrons. The summed E-state index contributed by atoms with van der Waals surface area (Å²) in [5.74, 6) is 1.79. The molecule has 0 fully saturated rings. The van der Waals surface area contributed by atoms with Crippen LogP contribution in [0.25, 0.3) is 0 Å². The molecule has 1 rings (SSSR count). The van der Waals surface area contributed by atoms with Crippen LogP contribution in [0, 0.1) is 0 Å². The summed E-state index contributed by atoms with van der Waals surface area (Å²) in [6.07, 6.45) is -0.475. The Kier molecular flexibility index (Phi) is 4.17. The molecule has 0 saturated carbocycles. The van der Waals surface area contributed by atoms with E-state index in [1.54, 1.807) is 39.3 Å². The number of rotatable bonds is 5. The molecular weight excluding hydrogens is 208 g/mol. The molecule has 0 N–H and O–H groups in total. The van der Waals surface area contributed by atoms with Crippen molar-refractivity contribution >= 4 is 5.78 Å². The second-order valence-electron chi connectivity index (χ2n) is 3.42. The van der Waals surface area contributed by atoms with E-state index in [0.29, 0.717) is 17.2 Å². The summed E-state index contributed by atoms with van der Waals surface area (Å²) in [7, 11) is 3.12. The van der Waals surface area contributed by atoms with Crippen LogP contribution in [-0.2, 0) is 4.79 Å². The molecule has 0 aliphatic heterocycles. The normalized spacial score (nSPS) is 11.8. The van der Waals surface area contributed by atoms with Gasteiger partial charge < -0.3 is 14.2 Å². The molecule has 0 amide bonds. The Hall–Kier alpha value is -1.71. The zero-order valence-corrected chi connectivity index (χ0v) is 9.94. The fourth-order valence-corrected chi connectivity index (χ4v) is 1.14. The summed E-state index contributed by atoms with van der Waals surface area (Å²) < 4.78 is 15.6. The van der Waals surface area contributed by atoms with Gasteiger partial charge in [-0.05, 0) is 13.8 Å². The maximum atomic E-state index is 11.1. The van der Waals surface area contributed by atoms with E-state index in [0.717, 1.165) is 0 Å². The van der Waals surface area contributed by atoms with Gasteiger partial charge in [0.15, 0.2) is 11.9 Å². The van der Waals surface area contributed by atoms with E-state index in [4.69, 9.17) is 14.2 Å². The number of methoxy groups -OCH3 is 2. The topological polar surface area (TPSA) is 44.8 Å². The molecule has 16 heavy (non-hydrogen) atoms. The average molecular weight is 224 g/mol. The summed E-state index contributed by atoms with van der Waals surface area (Å²) in [6.45, 7) is 3.19. The Bertz CT molecular complexity index is 351. The molecule has 1 atom stereocenters. The lowest BCUT2D eigenvalue weighted by molar-refractivity contribution is -0.122. The van der Waals surface area contributed by atoms with Crippen LogP contribution in [0.15, 0.2) is 18.2 Å². The molecule has 0 aromatic heterocycles.